The third-order valence-electron chi connectivity index (χ3n) is 4.41. The van der Waals surface area contributed by atoms with Crippen LogP contribution in [0.3, 0.4) is 0 Å². The maximum absolute atomic E-state index is 12.5. The van der Waals surface area contributed by atoms with E-state index in [2.05, 4.69) is 24.1 Å². The Morgan fingerprint density at radius 1 is 1.07 bits per heavy atom. The summed E-state index contributed by atoms with van der Waals surface area (Å²) in [6, 6.07) is 14.8. The van der Waals surface area contributed by atoms with Gasteiger partial charge in [-0.15, -0.1) is 0 Å². The summed E-state index contributed by atoms with van der Waals surface area (Å²) in [6.45, 7) is 4.20. The van der Waals surface area contributed by atoms with E-state index in [9.17, 15) is 9.90 Å². The molecule has 1 amide bonds. The number of halogens is 1. The van der Waals surface area contributed by atoms with Crippen molar-refractivity contribution in [2.75, 3.05) is 5.32 Å². The molecular weight excluding hydrogens is 386 g/mol. The molecule has 6 heteroatoms. The first kappa shape index (κ1) is 21.0. The summed E-state index contributed by atoms with van der Waals surface area (Å²) in [5.41, 5.74) is 4.13. The van der Waals surface area contributed by atoms with Crippen LogP contribution in [-0.4, -0.2) is 21.0 Å². The maximum Gasteiger partial charge on any atom is 0.229 e. The number of carbonyl (C=O) groups is 1. The zero-order chi connectivity index (χ0) is 20.8. The van der Waals surface area contributed by atoms with Crippen molar-refractivity contribution in [3.63, 3.8) is 0 Å². The molecule has 0 saturated carbocycles. The van der Waals surface area contributed by atoms with Gasteiger partial charge in [-0.3, -0.25) is 4.79 Å². The summed E-state index contributed by atoms with van der Waals surface area (Å²) >= 11 is 5.90. The topological polar surface area (TPSA) is 75.1 Å². The Morgan fingerprint density at radius 3 is 2.34 bits per heavy atom. The van der Waals surface area contributed by atoms with Crippen LogP contribution in [0.25, 0.3) is 11.3 Å². The number of nitrogens with one attached hydrogen (secondary N) is 1. The third-order valence-corrected chi connectivity index (χ3v) is 4.67. The molecule has 2 aromatic carbocycles. The lowest BCUT2D eigenvalue weighted by Gasteiger charge is -2.13. The van der Waals surface area contributed by atoms with Crippen molar-refractivity contribution in [1.82, 2.24) is 9.97 Å². The van der Waals surface area contributed by atoms with Gasteiger partial charge in [-0.25, -0.2) is 9.97 Å². The largest absolute Gasteiger partial charge is 0.392 e. The number of hydrogen-bond acceptors (Lipinski definition) is 4. The molecule has 1 heterocycles. The molecule has 3 rings (SSSR count). The molecule has 0 fully saturated rings. The first-order chi connectivity index (χ1) is 13.9. The van der Waals surface area contributed by atoms with Gasteiger partial charge in [0.2, 0.25) is 5.91 Å². The molecule has 0 aliphatic rings. The molecule has 2 N–H and O–H groups in total. The van der Waals surface area contributed by atoms with Crippen LogP contribution in [0.2, 0.25) is 5.02 Å². The van der Waals surface area contributed by atoms with E-state index in [4.69, 9.17) is 16.6 Å². The molecule has 3 aromatic rings. The molecule has 0 unspecified atom stereocenters. The number of carbonyl (C=O) groups excluding carboxylic acids is 1. The Labute approximate surface area is 175 Å². The number of anilines is 1. The highest BCUT2D eigenvalue weighted by molar-refractivity contribution is 6.30. The SMILES string of the molecule is CC(C)Cc1nc(-c2ccc(CO)cc2)cnc1NC(=O)Cc1ccc(Cl)cc1. The standard InChI is InChI=1S/C23H24ClN3O2/c1-15(2)11-20-23(27-22(29)12-16-5-9-19(24)10-6-16)25-13-21(26-20)18-7-3-17(14-28)4-8-18/h3-10,13,15,28H,11-12,14H2,1-2H3,(H,25,27,29). The smallest absolute Gasteiger partial charge is 0.229 e. The molecule has 0 aliphatic heterocycles. The first-order valence-corrected chi connectivity index (χ1v) is 9.92. The minimum Gasteiger partial charge on any atom is -0.392 e. The van der Waals surface area contributed by atoms with Crippen LogP contribution in [0.15, 0.2) is 54.7 Å². The van der Waals surface area contributed by atoms with Crippen LogP contribution < -0.4 is 5.32 Å². The van der Waals surface area contributed by atoms with Crippen molar-refractivity contribution < 1.29 is 9.90 Å². The van der Waals surface area contributed by atoms with Gasteiger partial charge >= 0.3 is 0 Å². The predicted octanol–water partition coefficient (Wildman–Crippen LogP) is 4.67. The first-order valence-electron chi connectivity index (χ1n) is 9.55. The van der Waals surface area contributed by atoms with E-state index in [0.717, 1.165) is 28.1 Å². The van der Waals surface area contributed by atoms with Gasteiger partial charge in [0.05, 0.1) is 30.6 Å². The van der Waals surface area contributed by atoms with Gasteiger partial charge in [-0.05, 0) is 35.6 Å². The molecule has 5 nitrogen and oxygen atoms in total. The fourth-order valence-corrected chi connectivity index (χ4v) is 3.07. The molecule has 29 heavy (non-hydrogen) atoms. The van der Waals surface area contributed by atoms with Crippen LogP contribution in [0, 0.1) is 5.92 Å². The number of aliphatic hydroxyl groups excluding tert-OH is 1. The van der Waals surface area contributed by atoms with Crippen molar-refractivity contribution in [1.29, 1.82) is 0 Å². The fourth-order valence-electron chi connectivity index (χ4n) is 2.94. The molecule has 150 valence electrons. The quantitative estimate of drug-likeness (QED) is 0.594. The molecule has 0 atom stereocenters. The highest BCUT2D eigenvalue weighted by atomic mass is 35.5. The van der Waals surface area contributed by atoms with Crippen molar-refractivity contribution in [2.45, 2.75) is 33.3 Å². The molecule has 0 spiro atoms. The third kappa shape index (κ3) is 5.86. The molecule has 1 aromatic heterocycles. The van der Waals surface area contributed by atoms with Gasteiger partial charge in [0.1, 0.15) is 0 Å². The van der Waals surface area contributed by atoms with Crippen LogP contribution in [0.1, 0.15) is 30.7 Å². The van der Waals surface area contributed by atoms with E-state index in [-0.39, 0.29) is 18.9 Å². The minimum atomic E-state index is -0.147. The van der Waals surface area contributed by atoms with E-state index in [1.165, 1.54) is 0 Å². The van der Waals surface area contributed by atoms with Crippen molar-refractivity contribution >= 4 is 23.3 Å². The lowest BCUT2D eigenvalue weighted by molar-refractivity contribution is -0.115. The Balaban J connectivity index is 1.81. The molecular formula is C23H24ClN3O2. The molecule has 0 radical (unpaired) electrons. The van der Waals surface area contributed by atoms with E-state index in [1.54, 1.807) is 18.3 Å². The monoisotopic (exact) mass is 409 g/mol. The maximum atomic E-state index is 12.5. The van der Waals surface area contributed by atoms with Crippen LogP contribution in [-0.2, 0) is 24.2 Å². The molecule has 0 bridgehead atoms. The minimum absolute atomic E-state index is 0.00312. The zero-order valence-corrected chi connectivity index (χ0v) is 17.3. The Bertz CT molecular complexity index is 970. The Morgan fingerprint density at radius 2 is 1.72 bits per heavy atom. The van der Waals surface area contributed by atoms with Crippen LogP contribution in [0.4, 0.5) is 5.82 Å². The van der Waals surface area contributed by atoms with Gasteiger partial charge in [0.15, 0.2) is 5.82 Å². The number of amides is 1. The second kappa shape index (κ2) is 9.63. The number of nitrogens with zero attached hydrogens (tertiary/aromatic N) is 2. The zero-order valence-electron chi connectivity index (χ0n) is 16.5. The van der Waals surface area contributed by atoms with Gasteiger partial charge in [0.25, 0.3) is 0 Å². The number of aliphatic hydroxyl groups is 1. The summed E-state index contributed by atoms with van der Waals surface area (Å²) in [5.74, 6) is 0.711. The average molecular weight is 410 g/mol. The number of rotatable bonds is 7. The Hall–Kier alpha value is -2.76. The van der Waals surface area contributed by atoms with E-state index >= 15 is 0 Å². The van der Waals surface area contributed by atoms with E-state index in [1.807, 2.05) is 36.4 Å². The normalized spacial score (nSPS) is 10.9. The summed E-state index contributed by atoms with van der Waals surface area (Å²) in [6.07, 6.45) is 2.60. The number of hydrogen-bond donors (Lipinski definition) is 2. The van der Waals surface area contributed by atoms with Crippen LogP contribution >= 0.6 is 11.6 Å². The number of benzene rings is 2. The van der Waals surface area contributed by atoms with Gasteiger partial charge in [-0.1, -0.05) is 61.8 Å². The summed E-state index contributed by atoms with van der Waals surface area (Å²) < 4.78 is 0. The van der Waals surface area contributed by atoms with Crippen LogP contribution in [0.5, 0.6) is 0 Å². The van der Waals surface area contributed by atoms with Crippen molar-refractivity contribution in [2.24, 2.45) is 5.92 Å². The highest BCUT2D eigenvalue weighted by Crippen LogP contribution is 2.22. The number of aromatic nitrogens is 2. The van der Waals surface area contributed by atoms with E-state index in [0.29, 0.717) is 23.2 Å². The fraction of sp³-hybridized carbons (Fsp3) is 0.261. The van der Waals surface area contributed by atoms with Gasteiger partial charge in [-0.2, -0.15) is 0 Å². The van der Waals surface area contributed by atoms with Gasteiger partial charge < -0.3 is 10.4 Å². The van der Waals surface area contributed by atoms with E-state index < -0.39 is 0 Å². The van der Waals surface area contributed by atoms with Gasteiger partial charge in [0, 0.05) is 10.6 Å². The lowest BCUT2D eigenvalue weighted by atomic mass is 10.1. The highest BCUT2D eigenvalue weighted by Gasteiger charge is 2.14. The molecule has 0 aliphatic carbocycles. The lowest BCUT2D eigenvalue weighted by Crippen LogP contribution is -2.18. The predicted molar refractivity (Wildman–Crippen MR) is 116 cm³/mol. The second-order valence-electron chi connectivity index (χ2n) is 7.35. The Kier molecular flexibility index (Phi) is 6.96. The summed E-state index contributed by atoms with van der Waals surface area (Å²) in [4.78, 5) is 21.7. The average Bonchev–Trinajstić information content (AvgIpc) is 2.71. The summed E-state index contributed by atoms with van der Waals surface area (Å²) in [5, 5.41) is 12.7. The van der Waals surface area contributed by atoms with Crippen molar-refractivity contribution in [3.8, 4) is 11.3 Å². The molecule has 0 saturated heterocycles. The summed E-state index contributed by atoms with van der Waals surface area (Å²) in [7, 11) is 0. The van der Waals surface area contributed by atoms with Crippen molar-refractivity contribution in [3.05, 3.63) is 76.6 Å². The second-order valence-corrected chi connectivity index (χ2v) is 7.79.